The van der Waals surface area contributed by atoms with Gasteiger partial charge in [-0.1, -0.05) is 79.9 Å². The maximum atomic E-state index is 2.69. The summed E-state index contributed by atoms with van der Waals surface area (Å²) in [4.78, 5) is 2.69. The normalized spacial score (nSPS) is 19.4. The molecule has 2 aromatic rings. The van der Waals surface area contributed by atoms with E-state index in [1.807, 2.05) is 0 Å². The first-order valence-electron chi connectivity index (χ1n) is 8.99. The molecule has 1 aliphatic heterocycles. The number of hydrogen-bond acceptors (Lipinski definition) is 1. The van der Waals surface area contributed by atoms with Gasteiger partial charge < -0.3 is 0 Å². The Morgan fingerprint density at radius 2 is 1.22 bits per heavy atom. The number of benzene rings is 2. The van der Waals surface area contributed by atoms with Gasteiger partial charge in [-0.15, -0.1) is 0 Å². The molecule has 1 saturated heterocycles. The van der Waals surface area contributed by atoms with Crippen molar-refractivity contribution in [3.63, 3.8) is 0 Å². The molecule has 1 nitrogen and oxygen atoms in total. The second-order valence-corrected chi connectivity index (χ2v) is 6.91. The smallest absolute Gasteiger partial charge is 0.0221 e. The van der Waals surface area contributed by atoms with Gasteiger partial charge >= 0.3 is 0 Å². The molecule has 0 bridgehead atoms. The summed E-state index contributed by atoms with van der Waals surface area (Å²) in [5.41, 5.74) is 5.78. The van der Waals surface area contributed by atoms with Crippen LogP contribution in [0.5, 0.6) is 0 Å². The molecule has 2 aliphatic rings. The average Bonchev–Trinajstić information content (AvgIpc) is 2.60. The highest BCUT2D eigenvalue weighted by molar-refractivity contribution is 5.83. The molecule has 0 aromatic heterocycles. The molecule has 0 radical (unpaired) electrons. The predicted octanol–water partition coefficient (Wildman–Crippen LogP) is 5.14. The number of nitrogens with zero attached hydrogens (tertiary/aromatic N) is 1. The summed E-state index contributed by atoms with van der Waals surface area (Å²) in [6.45, 7) is 2.31. The van der Waals surface area contributed by atoms with Crippen molar-refractivity contribution in [1.29, 1.82) is 0 Å². The molecule has 0 N–H and O–H groups in total. The van der Waals surface area contributed by atoms with Gasteiger partial charge in [0, 0.05) is 19.1 Å². The van der Waals surface area contributed by atoms with Crippen molar-refractivity contribution in [1.82, 2.24) is 4.90 Å². The van der Waals surface area contributed by atoms with E-state index in [1.165, 1.54) is 48.8 Å². The van der Waals surface area contributed by atoms with Gasteiger partial charge in [0.25, 0.3) is 0 Å². The van der Waals surface area contributed by atoms with Crippen LogP contribution in [0.2, 0.25) is 0 Å². The van der Waals surface area contributed by atoms with E-state index in [0.29, 0.717) is 0 Å². The molecular weight excluding hydrogens is 278 g/mol. The van der Waals surface area contributed by atoms with Gasteiger partial charge in [0.15, 0.2) is 0 Å². The van der Waals surface area contributed by atoms with Gasteiger partial charge in [0.1, 0.15) is 0 Å². The summed E-state index contributed by atoms with van der Waals surface area (Å²) in [6, 6.07) is 22.6. The highest BCUT2D eigenvalue weighted by atomic mass is 15.2. The van der Waals surface area contributed by atoms with Crippen molar-refractivity contribution in [3.8, 4) is 0 Å². The van der Waals surface area contributed by atoms with Crippen LogP contribution in [0.25, 0.3) is 5.57 Å². The molecule has 23 heavy (non-hydrogen) atoms. The Morgan fingerprint density at radius 1 is 0.696 bits per heavy atom. The Kier molecular flexibility index (Phi) is 4.30. The lowest BCUT2D eigenvalue weighted by Crippen LogP contribution is -2.48. The molecule has 0 spiro atoms. The zero-order valence-corrected chi connectivity index (χ0v) is 13.7. The predicted molar refractivity (Wildman–Crippen MR) is 97.4 cm³/mol. The van der Waals surface area contributed by atoms with Crippen molar-refractivity contribution < 1.29 is 0 Å². The Hall–Kier alpha value is -1.86. The van der Waals surface area contributed by atoms with Crippen LogP contribution in [0.4, 0.5) is 0 Å². The van der Waals surface area contributed by atoms with Crippen LogP contribution < -0.4 is 0 Å². The maximum absolute atomic E-state index is 2.69. The van der Waals surface area contributed by atoms with Gasteiger partial charge in [0.2, 0.25) is 0 Å². The van der Waals surface area contributed by atoms with Crippen LogP contribution in [0, 0.1) is 0 Å². The number of rotatable bonds is 3. The third-order valence-electron chi connectivity index (χ3n) is 5.36. The Bertz CT molecular complexity index is 616. The van der Waals surface area contributed by atoms with Gasteiger partial charge in [-0.2, -0.15) is 0 Å². The Morgan fingerprint density at radius 3 is 1.74 bits per heavy atom. The molecule has 0 atom stereocenters. The van der Waals surface area contributed by atoms with Crippen LogP contribution in [-0.2, 0) is 0 Å². The van der Waals surface area contributed by atoms with E-state index < -0.39 is 0 Å². The van der Waals surface area contributed by atoms with Gasteiger partial charge in [-0.3, -0.25) is 4.90 Å². The third kappa shape index (κ3) is 3.11. The van der Waals surface area contributed by atoms with Crippen molar-refractivity contribution in [2.75, 3.05) is 13.1 Å². The molecule has 4 rings (SSSR count). The van der Waals surface area contributed by atoms with Gasteiger partial charge in [-0.05, 0) is 35.1 Å². The van der Waals surface area contributed by atoms with Gasteiger partial charge in [0.05, 0.1) is 0 Å². The topological polar surface area (TPSA) is 3.24 Å². The van der Waals surface area contributed by atoms with Crippen LogP contribution >= 0.6 is 0 Å². The molecule has 2 fully saturated rings. The minimum atomic E-state index is 0.834. The van der Waals surface area contributed by atoms with Crippen molar-refractivity contribution in [3.05, 3.63) is 77.4 Å². The SMILES string of the molecule is c1ccc(C(=C2CN(C3CCCCC3)C2)c2ccccc2)cc1. The van der Waals surface area contributed by atoms with Crippen molar-refractivity contribution >= 4 is 5.57 Å². The Balaban J connectivity index is 1.62. The van der Waals surface area contributed by atoms with Crippen LogP contribution in [0.1, 0.15) is 43.2 Å². The van der Waals surface area contributed by atoms with E-state index in [9.17, 15) is 0 Å². The number of likely N-dealkylation sites (tertiary alicyclic amines) is 1. The van der Waals surface area contributed by atoms with E-state index in [0.717, 1.165) is 19.1 Å². The van der Waals surface area contributed by atoms with Crippen molar-refractivity contribution in [2.45, 2.75) is 38.1 Å². The zero-order valence-electron chi connectivity index (χ0n) is 13.7. The van der Waals surface area contributed by atoms with E-state index in [1.54, 1.807) is 5.57 Å². The summed E-state index contributed by atoms with van der Waals surface area (Å²) in [7, 11) is 0. The lowest BCUT2D eigenvalue weighted by molar-refractivity contribution is 0.138. The lowest BCUT2D eigenvalue weighted by atomic mass is 9.86. The number of hydrogen-bond donors (Lipinski definition) is 0. The molecule has 0 unspecified atom stereocenters. The van der Waals surface area contributed by atoms with E-state index >= 15 is 0 Å². The second-order valence-electron chi connectivity index (χ2n) is 6.91. The van der Waals surface area contributed by atoms with Gasteiger partial charge in [-0.25, -0.2) is 0 Å². The van der Waals surface area contributed by atoms with Crippen LogP contribution in [-0.4, -0.2) is 24.0 Å². The highest BCUT2D eigenvalue weighted by Crippen LogP contribution is 2.35. The van der Waals surface area contributed by atoms with Crippen LogP contribution in [0.15, 0.2) is 66.2 Å². The zero-order chi connectivity index (χ0) is 15.5. The van der Waals surface area contributed by atoms with E-state index in [2.05, 4.69) is 65.6 Å². The van der Waals surface area contributed by atoms with Crippen molar-refractivity contribution in [2.24, 2.45) is 0 Å². The molecule has 1 aliphatic carbocycles. The van der Waals surface area contributed by atoms with E-state index in [4.69, 9.17) is 0 Å². The minimum absolute atomic E-state index is 0.834. The van der Waals surface area contributed by atoms with Crippen LogP contribution in [0.3, 0.4) is 0 Å². The molecule has 118 valence electrons. The summed E-state index contributed by atoms with van der Waals surface area (Å²) >= 11 is 0. The Labute approximate surface area is 139 Å². The van der Waals surface area contributed by atoms with E-state index in [-0.39, 0.29) is 0 Å². The summed E-state index contributed by atoms with van der Waals surface area (Å²) in [5.74, 6) is 0. The highest BCUT2D eigenvalue weighted by Gasteiger charge is 2.31. The fraction of sp³-hybridized carbons (Fsp3) is 0.364. The monoisotopic (exact) mass is 303 g/mol. The maximum Gasteiger partial charge on any atom is 0.0221 e. The third-order valence-corrected chi connectivity index (χ3v) is 5.36. The average molecular weight is 303 g/mol. The molecular formula is C22H25N. The molecule has 2 aromatic carbocycles. The molecule has 1 heterocycles. The molecule has 1 saturated carbocycles. The first-order valence-corrected chi connectivity index (χ1v) is 8.99. The second kappa shape index (κ2) is 6.72. The summed E-state index contributed by atoms with van der Waals surface area (Å²) < 4.78 is 0. The largest absolute Gasteiger partial charge is 0.292 e. The fourth-order valence-electron chi connectivity index (χ4n) is 4.09. The molecule has 0 amide bonds. The first-order chi connectivity index (χ1) is 11.4. The first kappa shape index (κ1) is 14.7. The summed E-state index contributed by atoms with van der Waals surface area (Å²) in [5, 5.41) is 0. The minimum Gasteiger partial charge on any atom is -0.292 e. The lowest BCUT2D eigenvalue weighted by Gasteiger charge is -2.43. The summed E-state index contributed by atoms with van der Waals surface area (Å²) in [6.07, 6.45) is 7.08. The fourth-order valence-corrected chi connectivity index (χ4v) is 4.09. The molecule has 1 heteroatoms. The quantitative estimate of drug-likeness (QED) is 0.759. The standard InChI is InChI=1S/C22H25N/c1-4-10-18(11-5-1)22(19-12-6-2-7-13-19)20-16-23(17-20)21-14-8-3-9-15-21/h1-2,4-7,10-13,21H,3,8-9,14-17H2.